The van der Waals surface area contributed by atoms with Gasteiger partial charge in [0.25, 0.3) is 0 Å². The first-order valence-corrected chi connectivity index (χ1v) is 21.8. The molecule has 0 amide bonds. The van der Waals surface area contributed by atoms with Crippen molar-refractivity contribution in [3.8, 4) is 22.5 Å². The Balaban J connectivity index is 1.10. The van der Waals surface area contributed by atoms with Crippen LogP contribution in [0, 0.1) is 0 Å². The predicted octanol–water partition coefficient (Wildman–Crippen LogP) is 15.7. The van der Waals surface area contributed by atoms with Crippen molar-refractivity contribution in [2.75, 3.05) is 4.90 Å². The van der Waals surface area contributed by atoms with Gasteiger partial charge >= 0.3 is 0 Å². The molecule has 0 bridgehead atoms. The lowest BCUT2D eigenvalue weighted by atomic mass is 9.82. The van der Waals surface area contributed by atoms with Crippen LogP contribution in [0.4, 0.5) is 17.1 Å². The van der Waals surface area contributed by atoms with Gasteiger partial charge < -0.3 is 14.0 Å². The molecular weight excluding hydrogens is 727 g/mol. The van der Waals surface area contributed by atoms with Crippen LogP contribution in [0.3, 0.4) is 0 Å². The number of nitrogens with zero attached hydrogens (tertiary/aromatic N) is 3. The van der Waals surface area contributed by atoms with E-state index in [0.717, 1.165) is 17.1 Å². The highest BCUT2D eigenvalue weighted by molar-refractivity contribution is 6.12. The molecule has 8 aromatic carbocycles. The van der Waals surface area contributed by atoms with Gasteiger partial charge in [-0.3, -0.25) is 0 Å². The average molecular weight is 774 g/mol. The first kappa shape index (κ1) is 35.1. The van der Waals surface area contributed by atoms with Crippen LogP contribution in [0.2, 0.25) is 0 Å². The lowest BCUT2D eigenvalue weighted by Crippen LogP contribution is -2.16. The van der Waals surface area contributed by atoms with E-state index in [1.807, 2.05) is 0 Å². The molecule has 12 rings (SSSR count). The van der Waals surface area contributed by atoms with Gasteiger partial charge in [-0.2, -0.15) is 0 Å². The molecular formula is C57H47N3. The fraction of sp³-hybridized carbons (Fsp3) is 0.158. The summed E-state index contributed by atoms with van der Waals surface area (Å²) < 4.78 is 4.89. The summed E-state index contributed by atoms with van der Waals surface area (Å²) in [6, 6.07) is 68.2. The van der Waals surface area contributed by atoms with Gasteiger partial charge in [0, 0.05) is 55.4 Å². The SMILES string of the molecule is CC1(C)c2ccccc2-c2ccc(N(c3ccc4c(c3)c3ccccc3n4-c3ccccc3)c3ccc4c(c3)c3ccc(C5CCCCC5)cc3n4-c3ccccc3)cc21. The van der Waals surface area contributed by atoms with E-state index >= 15 is 0 Å². The molecule has 10 aromatic rings. The summed E-state index contributed by atoms with van der Waals surface area (Å²) in [5.41, 5.74) is 17.5. The number of hydrogen-bond acceptors (Lipinski definition) is 1. The van der Waals surface area contributed by atoms with E-state index in [0.29, 0.717) is 5.92 Å². The first-order chi connectivity index (χ1) is 29.5. The van der Waals surface area contributed by atoms with Crippen molar-refractivity contribution in [3.63, 3.8) is 0 Å². The number of para-hydroxylation sites is 3. The highest BCUT2D eigenvalue weighted by Gasteiger charge is 2.36. The van der Waals surface area contributed by atoms with Crippen molar-refractivity contribution in [1.82, 2.24) is 9.13 Å². The van der Waals surface area contributed by atoms with Crippen molar-refractivity contribution < 1.29 is 0 Å². The third-order valence-corrected chi connectivity index (χ3v) is 13.9. The van der Waals surface area contributed by atoms with Crippen LogP contribution in [0.1, 0.15) is 68.6 Å². The molecule has 60 heavy (non-hydrogen) atoms. The van der Waals surface area contributed by atoms with E-state index < -0.39 is 0 Å². The van der Waals surface area contributed by atoms with Gasteiger partial charge in [0.15, 0.2) is 0 Å². The van der Waals surface area contributed by atoms with E-state index in [-0.39, 0.29) is 5.41 Å². The van der Waals surface area contributed by atoms with Gasteiger partial charge in [0.2, 0.25) is 0 Å². The van der Waals surface area contributed by atoms with Gasteiger partial charge in [-0.05, 0) is 132 Å². The number of rotatable bonds is 6. The number of anilines is 3. The predicted molar refractivity (Wildman–Crippen MR) is 253 cm³/mol. The summed E-state index contributed by atoms with van der Waals surface area (Å²) in [7, 11) is 0. The monoisotopic (exact) mass is 773 g/mol. The summed E-state index contributed by atoms with van der Waals surface area (Å²) >= 11 is 0. The smallest absolute Gasteiger partial charge is 0.0543 e. The quantitative estimate of drug-likeness (QED) is 0.164. The summed E-state index contributed by atoms with van der Waals surface area (Å²) in [4.78, 5) is 2.49. The minimum atomic E-state index is -0.121. The highest BCUT2D eigenvalue weighted by atomic mass is 15.1. The third-order valence-electron chi connectivity index (χ3n) is 13.9. The first-order valence-electron chi connectivity index (χ1n) is 21.8. The lowest BCUT2D eigenvalue weighted by molar-refractivity contribution is 0.444. The van der Waals surface area contributed by atoms with E-state index in [9.17, 15) is 0 Å². The Morgan fingerprint density at radius 1 is 0.417 bits per heavy atom. The van der Waals surface area contributed by atoms with E-state index in [1.54, 1.807) is 0 Å². The van der Waals surface area contributed by atoms with Crippen LogP contribution in [0.25, 0.3) is 66.1 Å². The molecule has 2 aromatic heterocycles. The molecule has 1 saturated carbocycles. The molecule has 1 fully saturated rings. The maximum absolute atomic E-state index is 2.51. The van der Waals surface area contributed by atoms with Crippen LogP contribution in [0.15, 0.2) is 182 Å². The highest BCUT2D eigenvalue weighted by Crippen LogP contribution is 2.51. The molecule has 3 nitrogen and oxygen atoms in total. The number of hydrogen-bond donors (Lipinski definition) is 0. The number of aromatic nitrogens is 2. The van der Waals surface area contributed by atoms with Crippen LogP contribution in [0.5, 0.6) is 0 Å². The zero-order valence-corrected chi connectivity index (χ0v) is 34.3. The molecule has 0 saturated heterocycles. The van der Waals surface area contributed by atoms with E-state index in [4.69, 9.17) is 0 Å². The standard InChI is InChI=1S/C57H47N3/c1-57(2)51-24-14-12-22-45(51)46-31-27-44(37-52(46)57)58(42-28-32-54-49(35-42)47-23-13-15-25-53(47)59(54)40-18-8-4-9-19-40)43-29-33-55-50(36-43)48-30-26-39(38-16-6-3-7-17-38)34-56(48)60(55)41-20-10-5-11-21-41/h4-5,8-15,18-38H,3,6-7,16-17H2,1-2H3. The van der Waals surface area contributed by atoms with Crippen LogP contribution in [-0.4, -0.2) is 9.13 Å². The van der Waals surface area contributed by atoms with Crippen molar-refractivity contribution in [1.29, 1.82) is 0 Å². The molecule has 0 radical (unpaired) electrons. The zero-order valence-electron chi connectivity index (χ0n) is 34.3. The largest absolute Gasteiger partial charge is 0.310 e. The van der Waals surface area contributed by atoms with Crippen molar-refractivity contribution in [3.05, 3.63) is 199 Å². The summed E-state index contributed by atoms with van der Waals surface area (Å²) in [6.07, 6.45) is 6.58. The minimum Gasteiger partial charge on any atom is -0.310 e. The van der Waals surface area contributed by atoms with Crippen LogP contribution < -0.4 is 4.90 Å². The molecule has 0 N–H and O–H groups in total. The van der Waals surface area contributed by atoms with Crippen molar-refractivity contribution in [2.45, 2.75) is 57.3 Å². The fourth-order valence-electron chi connectivity index (χ4n) is 10.9. The lowest BCUT2D eigenvalue weighted by Gasteiger charge is -2.28. The number of fused-ring (bicyclic) bond motifs is 9. The summed E-state index contributed by atoms with van der Waals surface area (Å²) in [5, 5.41) is 5.05. The summed E-state index contributed by atoms with van der Waals surface area (Å²) in [6.45, 7) is 4.75. The van der Waals surface area contributed by atoms with E-state index in [2.05, 4.69) is 210 Å². The van der Waals surface area contributed by atoms with Crippen LogP contribution in [-0.2, 0) is 5.41 Å². The molecule has 2 heterocycles. The second kappa shape index (κ2) is 13.6. The molecule has 2 aliphatic rings. The molecule has 0 spiro atoms. The Labute approximate surface area is 351 Å². The Bertz CT molecular complexity index is 3270. The Kier molecular flexibility index (Phi) is 7.97. The van der Waals surface area contributed by atoms with Crippen LogP contribution >= 0.6 is 0 Å². The molecule has 3 heteroatoms. The van der Waals surface area contributed by atoms with Gasteiger partial charge in [-0.1, -0.05) is 130 Å². The Morgan fingerprint density at radius 3 is 1.65 bits per heavy atom. The van der Waals surface area contributed by atoms with Crippen molar-refractivity contribution >= 4 is 60.7 Å². The number of benzene rings is 8. The molecule has 2 aliphatic carbocycles. The Hall–Kier alpha value is -6.84. The minimum absolute atomic E-state index is 0.121. The molecule has 0 aliphatic heterocycles. The normalized spacial score (nSPS) is 14.9. The summed E-state index contributed by atoms with van der Waals surface area (Å²) in [5.74, 6) is 0.634. The second-order valence-electron chi connectivity index (χ2n) is 17.6. The fourth-order valence-corrected chi connectivity index (χ4v) is 10.9. The Morgan fingerprint density at radius 2 is 0.950 bits per heavy atom. The van der Waals surface area contributed by atoms with Gasteiger partial charge in [-0.15, -0.1) is 0 Å². The molecule has 0 atom stereocenters. The molecule has 290 valence electrons. The topological polar surface area (TPSA) is 13.1 Å². The maximum Gasteiger partial charge on any atom is 0.0543 e. The van der Waals surface area contributed by atoms with E-state index in [1.165, 1.54) is 115 Å². The van der Waals surface area contributed by atoms with Crippen molar-refractivity contribution in [2.24, 2.45) is 0 Å². The average Bonchev–Trinajstić information content (AvgIpc) is 3.89. The molecule has 0 unspecified atom stereocenters. The third kappa shape index (κ3) is 5.35. The zero-order chi connectivity index (χ0) is 40.0. The van der Waals surface area contributed by atoms with Gasteiger partial charge in [0.05, 0.1) is 22.1 Å². The maximum atomic E-state index is 2.51. The van der Waals surface area contributed by atoms with Gasteiger partial charge in [0.1, 0.15) is 0 Å². The second-order valence-corrected chi connectivity index (χ2v) is 17.6. The van der Waals surface area contributed by atoms with Gasteiger partial charge in [-0.25, -0.2) is 0 Å².